The van der Waals surface area contributed by atoms with Crippen molar-refractivity contribution in [2.45, 2.75) is 70.8 Å². The van der Waals surface area contributed by atoms with Crippen LogP contribution in [0.15, 0.2) is 0 Å². The van der Waals surface area contributed by atoms with E-state index in [2.05, 4.69) is 33.0 Å². The van der Waals surface area contributed by atoms with Gasteiger partial charge in [0.25, 0.3) is 0 Å². The lowest BCUT2D eigenvalue weighted by atomic mass is 9.94. The van der Waals surface area contributed by atoms with Crippen molar-refractivity contribution in [3.05, 3.63) is 0 Å². The lowest BCUT2D eigenvalue weighted by Crippen LogP contribution is -2.44. The van der Waals surface area contributed by atoms with Crippen LogP contribution in [0.1, 0.15) is 47.5 Å². The van der Waals surface area contributed by atoms with Gasteiger partial charge < -0.3 is 15.2 Å². The summed E-state index contributed by atoms with van der Waals surface area (Å²) in [6.07, 6.45) is 1.60. The van der Waals surface area contributed by atoms with E-state index in [4.69, 9.17) is 4.74 Å². The molecule has 0 aromatic carbocycles. The molecule has 1 aliphatic rings. The minimum Gasteiger partial charge on any atom is -0.393 e. The lowest BCUT2D eigenvalue weighted by molar-refractivity contribution is -0.0699. The molecule has 1 heterocycles. The first-order chi connectivity index (χ1) is 6.73. The summed E-state index contributed by atoms with van der Waals surface area (Å²) in [6.45, 7) is 11.2. The molecule has 0 aromatic rings. The molecule has 0 spiro atoms. The first-order valence-corrected chi connectivity index (χ1v) is 5.84. The van der Waals surface area contributed by atoms with Crippen LogP contribution >= 0.6 is 0 Å². The van der Waals surface area contributed by atoms with Crippen LogP contribution in [-0.4, -0.2) is 35.0 Å². The van der Waals surface area contributed by atoms with Crippen LogP contribution in [0.4, 0.5) is 0 Å². The molecule has 1 rings (SSSR count). The van der Waals surface area contributed by atoms with Gasteiger partial charge in [-0.2, -0.15) is 0 Å². The number of ether oxygens (including phenoxy) is 1. The molecule has 1 saturated heterocycles. The smallest absolute Gasteiger partial charge is 0.0787 e. The second kappa shape index (κ2) is 4.40. The second-order valence-electron chi connectivity index (χ2n) is 5.81. The predicted molar refractivity (Wildman–Crippen MR) is 61.9 cm³/mol. The molecule has 0 aromatic heterocycles. The number of hydrogen-bond acceptors (Lipinski definition) is 3. The maximum Gasteiger partial charge on any atom is 0.0787 e. The molecule has 1 aliphatic heterocycles. The SMILES string of the molecule is C[C@H](O)CCN[C@H]1CC(C)(C)OC1(C)C. The molecule has 0 saturated carbocycles. The highest BCUT2D eigenvalue weighted by molar-refractivity contribution is 4.98. The average Bonchev–Trinajstić information content (AvgIpc) is 2.18. The molecule has 0 amide bonds. The van der Waals surface area contributed by atoms with E-state index in [0.717, 1.165) is 19.4 Å². The Kier molecular flexibility index (Phi) is 3.80. The Balaban J connectivity index is 2.41. The van der Waals surface area contributed by atoms with Crippen molar-refractivity contribution in [3.8, 4) is 0 Å². The van der Waals surface area contributed by atoms with Gasteiger partial charge in [-0.1, -0.05) is 0 Å². The molecular weight excluding hydrogens is 190 g/mol. The van der Waals surface area contributed by atoms with Gasteiger partial charge in [-0.05, 0) is 54.0 Å². The Morgan fingerprint density at radius 1 is 1.40 bits per heavy atom. The molecule has 3 heteroatoms. The Hall–Kier alpha value is -0.120. The molecule has 0 aliphatic carbocycles. The topological polar surface area (TPSA) is 41.5 Å². The fraction of sp³-hybridized carbons (Fsp3) is 1.00. The van der Waals surface area contributed by atoms with Gasteiger partial charge in [-0.25, -0.2) is 0 Å². The van der Waals surface area contributed by atoms with Crippen LogP contribution in [0.5, 0.6) is 0 Å². The van der Waals surface area contributed by atoms with E-state index in [1.54, 1.807) is 0 Å². The highest BCUT2D eigenvalue weighted by Gasteiger charge is 2.45. The molecular formula is C12H25NO2. The van der Waals surface area contributed by atoms with Crippen LogP contribution in [0.25, 0.3) is 0 Å². The van der Waals surface area contributed by atoms with Gasteiger partial charge in [-0.3, -0.25) is 0 Å². The van der Waals surface area contributed by atoms with Gasteiger partial charge in [0.05, 0.1) is 17.3 Å². The van der Waals surface area contributed by atoms with Crippen LogP contribution in [-0.2, 0) is 4.74 Å². The molecule has 2 N–H and O–H groups in total. The summed E-state index contributed by atoms with van der Waals surface area (Å²) in [4.78, 5) is 0. The van der Waals surface area contributed by atoms with Crippen molar-refractivity contribution in [2.24, 2.45) is 0 Å². The van der Waals surface area contributed by atoms with Gasteiger partial charge in [0.2, 0.25) is 0 Å². The number of hydrogen-bond donors (Lipinski definition) is 2. The lowest BCUT2D eigenvalue weighted by Gasteiger charge is -2.28. The summed E-state index contributed by atoms with van der Waals surface area (Å²) < 4.78 is 5.98. The van der Waals surface area contributed by atoms with E-state index < -0.39 is 0 Å². The van der Waals surface area contributed by atoms with E-state index in [9.17, 15) is 5.11 Å². The van der Waals surface area contributed by atoms with Crippen molar-refractivity contribution in [2.75, 3.05) is 6.54 Å². The average molecular weight is 215 g/mol. The molecule has 2 atom stereocenters. The molecule has 15 heavy (non-hydrogen) atoms. The first kappa shape index (κ1) is 12.9. The van der Waals surface area contributed by atoms with Gasteiger partial charge in [-0.15, -0.1) is 0 Å². The highest BCUT2D eigenvalue weighted by Crippen LogP contribution is 2.37. The Labute approximate surface area is 93.2 Å². The standard InChI is InChI=1S/C12H25NO2/c1-9(14)6-7-13-10-8-11(2,3)15-12(10,4)5/h9-10,13-14H,6-8H2,1-5H3/t9-,10-/m0/s1. The zero-order valence-electron chi connectivity index (χ0n) is 10.6. The maximum absolute atomic E-state index is 9.19. The van der Waals surface area contributed by atoms with E-state index in [1.807, 2.05) is 6.92 Å². The van der Waals surface area contributed by atoms with Gasteiger partial charge in [0, 0.05) is 6.04 Å². The maximum atomic E-state index is 9.19. The molecule has 0 bridgehead atoms. The molecule has 1 fully saturated rings. The van der Waals surface area contributed by atoms with Crippen LogP contribution in [0.2, 0.25) is 0 Å². The first-order valence-electron chi connectivity index (χ1n) is 5.84. The summed E-state index contributed by atoms with van der Waals surface area (Å²) in [6, 6.07) is 0.381. The van der Waals surface area contributed by atoms with E-state index in [0.29, 0.717) is 6.04 Å². The van der Waals surface area contributed by atoms with Gasteiger partial charge >= 0.3 is 0 Å². The summed E-state index contributed by atoms with van der Waals surface area (Å²) in [5.41, 5.74) is -0.145. The second-order valence-corrected chi connectivity index (χ2v) is 5.81. The van der Waals surface area contributed by atoms with Crippen molar-refractivity contribution in [3.63, 3.8) is 0 Å². The van der Waals surface area contributed by atoms with Crippen LogP contribution in [0.3, 0.4) is 0 Å². The van der Waals surface area contributed by atoms with E-state index in [-0.39, 0.29) is 17.3 Å². The van der Waals surface area contributed by atoms with Crippen LogP contribution < -0.4 is 5.32 Å². The minimum atomic E-state index is -0.226. The zero-order valence-corrected chi connectivity index (χ0v) is 10.6. The van der Waals surface area contributed by atoms with Crippen molar-refractivity contribution in [1.29, 1.82) is 0 Å². The Bertz CT molecular complexity index is 212. The molecule has 0 radical (unpaired) electrons. The molecule has 90 valence electrons. The largest absolute Gasteiger partial charge is 0.393 e. The molecule has 3 nitrogen and oxygen atoms in total. The quantitative estimate of drug-likeness (QED) is 0.750. The van der Waals surface area contributed by atoms with Crippen molar-refractivity contribution < 1.29 is 9.84 Å². The third kappa shape index (κ3) is 3.74. The van der Waals surface area contributed by atoms with Crippen molar-refractivity contribution >= 4 is 0 Å². The number of aliphatic hydroxyl groups is 1. The summed E-state index contributed by atoms with van der Waals surface area (Å²) in [7, 11) is 0. The summed E-state index contributed by atoms with van der Waals surface area (Å²) in [5.74, 6) is 0. The number of nitrogens with one attached hydrogen (secondary N) is 1. The number of aliphatic hydroxyl groups excluding tert-OH is 1. The normalized spacial score (nSPS) is 30.4. The minimum absolute atomic E-state index is 0.0357. The van der Waals surface area contributed by atoms with E-state index in [1.165, 1.54) is 0 Å². The predicted octanol–water partition coefficient (Wildman–Crippen LogP) is 1.69. The summed E-state index contributed by atoms with van der Waals surface area (Å²) in [5, 5.41) is 12.7. The number of rotatable bonds is 4. The fourth-order valence-electron chi connectivity index (χ4n) is 2.35. The monoisotopic (exact) mass is 215 g/mol. The highest BCUT2D eigenvalue weighted by atomic mass is 16.5. The molecule has 0 unspecified atom stereocenters. The third-order valence-electron chi connectivity index (χ3n) is 3.03. The third-order valence-corrected chi connectivity index (χ3v) is 3.03. The zero-order chi connectivity index (χ0) is 11.7. The Morgan fingerprint density at radius 2 is 2.00 bits per heavy atom. The van der Waals surface area contributed by atoms with Gasteiger partial charge in [0.15, 0.2) is 0 Å². The van der Waals surface area contributed by atoms with E-state index >= 15 is 0 Å². The summed E-state index contributed by atoms with van der Waals surface area (Å²) >= 11 is 0. The Morgan fingerprint density at radius 3 is 2.40 bits per heavy atom. The van der Waals surface area contributed by atoms with Crippen molar-refractivity contribution in [1.82, 2.24) is 5.32 Å². The fourth-order valence-corrected chi connectivity index (χ4v) is 2.35. The van der Waals surface area contributed by atoms with Crippen LogP contribution in [0, 0.1) is 0 Å². The van der Waals surface area contributed by atoms with Gasteiger partial charge in [0.1, 0.15) is 0 Å².